The van der Waals surface area contributed by atoms with E-state index in [1.54, 1.807) is 6.20 Å². The maximum absolute atomic E-state index is 5.55. The van der Waals surface area contributed by atoms with Crippen LogP contribution >= 0.6 is 0 Å². The summed E-state index contributed by atoms with van der Waals surface area (Å²) < 4.78 is 5.55. The Labute approximate surface area is 89.8 Å². The molecule has 2 rings (SSSR count). The number of hydrogen-bond acceptors (Lipinski definition) is 4. The predicted octanol–water partition coefficient (Wildman–Crippen LogP) is 1.68. The van der Waals surface area contributed by atoms with E-state index in [1.807, 2.05) is 12.1 Å². The van der Waals surface area contributed by atoms with E-state index in [-0.39, 0.29) is 0 Å². The van der Waals surface area contributed by atoms with Gasteiger partial charge in [0.1, 0.15) is 5.82 Å². The van der Waals surface area contributed by atoms with E-state index in [1.165, 1.54) is 19.3 Å². The normalized spacial score (nSPS) is 15.3. The lowest BCUT2D eigenvalue weighted by atomic mass is 10.3. The van der Waals surface area contributed by atoms with Gasteiger partial charge in [0.25, 0.3) is 0 Å². The molecule has 1 heterocycles. The van der Waals surface area contributed by atoms with Gasteiger partial charge in [-0.1, -0.05) is 18.9 Å². The average molecular weight is 207 g/mol. The van der Waals surface area contributed by atoms with Crippen molar-refractivity contribution in [2.45, 2.75) is 25.9 Å². The number of nitrogens with two attached hydrogens (primary N) is 1. The first kappa shape index (κ1) is 10.4. The molecule has 1 aliphatic rings. The maximum atomic E-state index is 5.55. The van der Waals surface area contributed by atoms with Crippen molar-refractivity contribution in [3.8, 4) is 0 Å². The smallest absolute Gasteiger partial charge is 0.139 e. The highest BCUT2D eigenvalue weighted by molar-refractivity contribution is 5.33. The molecule has 0 saturated heterocycles. The first-order valence-corrected chi connectivity index (χ1v) is 5.38. The molecule has 1 saturated carbocycles. The SMILES string of the molecule is NNc1ccc(COCCC2CC2)cn1. The first-order valence-electron chi connectivity index (χ1n) is 5.38. The molecular weight excluding hydrogens is 190 g/mol. The minimum Gasteiger partial charge on any atom is -0.377 e. The molecule has 15 heavy (non-hydrogen) atoms. The minimum absolute atomic E-state index is 0.643. The zero-order chi connectivity index (χ0) is 10.5. The van der Waals surface area contributed by atoms with Crippen LogP contribution in [-0.2, 0) is 11.3 Å². The van der Waals surface area contributed by atoms with Gasteiger partial charge in [0, 0.05) is 12.8 Å². The van der Waals surface area contributed by atoms with Gasteiger partial charge in [-0.25, -0.2) is 10.8 Å². The summed E-state index contributed by atoms with van der Waals surface area (Å²) in [5, 5.41) is 0. The Hall–Kier alpha value is -1.13. The second-order valence-corrected chi connectivity index (χ2v) is 3.98. The van der Waals surface area contributed by atoms with Crippen molar-refractivity contribution in [3.63, 3.8) is 0 Å². The summed E-state index contributed by atoms with van der Waals surface area (Å²) in [4.78, 5) is 4.11. The van der Waals surface area contributed by atoms with E-state index in [9.17, 15) is 0 Å². The van der Waals surface area contributed by atoms with Gasteiger partial charge in [0.05, 0.1) is 6.61 Å². The quantitative estimate of drug-likeness (QED) is 0.423. The number of nitrogens with zero attached hydrogens (tertiary/aromatic N) is 1. The molecule has 0 bridgehead atoms. The fourth-order valence-electron chi connectivity index (χ4n) is 1.44. The third-order valence-electron chi connectivity index (χ3n) is 2.61. The van der Waals surface area contributed by atoms with Gasteiger partial charge in [-0.2, -0.15) is 0 Å². The molecule has 3 N–H and O–H groups in total. The molecule has 0 unspecified atom stereocenters. The number of rotatable bonds is 6. The minimum atomic E-state index is 0.643. The van der Waals surface area contributed by atoms with Crippen molar-refractivity contribution in [3.05, 3.63) is 23.9 Å². The van der Waals surface area contributed by atoms with Gasteiger partial charge in [-0.15, -0.1) is 0 Å². The van der Waals surface area contributed by atoms with E-state index < -0.39 is 0 Å². The van der Waals surface area contributed by atoms with Crippen LogP contribution in [0.25, 0.3) is 0 Å². The second kappa shape index (κ2) is 5.09. The Balaban J connectivity index is 1.67. The summed E-state index contributed by atoms with van der Waals surface area (Å²) in [5.74, 6) is 6.83. The molecule has 4 nitrogen and oxygen atoms in total. The molecule has 0 spiro atoms. The van der Waals surface area contributed by atoms with Crippen molar-refractivity contribution in [1.29, 1.82) is 0 Å². The predicted molar refractivity (Wildman–Crippen MR) is 59.0 cm³/mol. The van der Waals surface area contributed by atoms with Gasteiger partial charge < -0.3 is 10.2 Å². The summed E-state index contributed by atoms with van der Waals surface area (Å²) in [6, 6.07) is 3.82. The van der Waals surface area contributed by atoms with Crippen molar-refractivity contribution < 1.29 is 4.74 Å². The molecule has 1 aromatic rings. The summed E-state index contributed by atoms with van der Waals surface area (Å²) in [6.45, 7) is 1.51. The van der Waals surface area contributed by atoms with Crippen LogP contribution in [0.15, 0.2) is 18.3 Å². The number of nitrogen functional groups attached to an aromatic ring is 1. The molecule has 0 aliphatic heterocycles. The van der Waals surface area contributed by atoms with Crippen molar-refractivity contribution in [2.24, 2.45) is 11.8 Å². The first-order chi connectivity index (χ1) is 7.38. The molecule has 0 radical (unpaired) electrons. The topological polar surface area (TPSA) is 60.2 Å². The lowest BCUT2D eigenvalue weighted by Gasteiger charge is -2.04. The monoisotopic (exact) mass is 207 g/mol. The molecular formula is C11H17N3O. The third kappa shape index (κ3) is 3.49. The Morgan fingerprint density at radius 2 is 2.33 bits per heavy atom. The standard InChI is InChI=1S/C11H17N3O/c12-14-11-4-3-10(7-13-11)8-15-6-5-9-1-2-9/h3-4,7,9H,1-2,5-6,8,12H2,(H,13,14). The second-order valence-electron chi connectivity index (χ2n) is 3.98. The van der Waals surface area contributed by atoms with E-state index in [4.69, 9.17) is 10.6 Å². The third-order valence-corrected chi connectivity index (χ3v) is 2.61. The Morgan fingerprint density at radius 1 is 1.47 bits per heavy atom. The molecule has 1 fully saturated rings. The van der Waals surface area contributed by atoms with Gasteiger partial charge in [-0.3, -0.25) is 0 Å². The lowest BCUT2D eigenvalue weighted by Crippen LogP contribution is -2.08. The highest BCUT2D eigenvalue weighted by Crippen LogP contribution is 2.32. The van der Waals surface area contributed by atoms with Gasteiger partial charge in [0.2, 0.25) is 0 Å². The van der Waals surface area contributed by atoms with Gasteiger partial charge in [-0.05, 0) is 24.0 Å². The Morgan fingerprint density at radius 3 is 2.93 bits per heavy atom. The number of aromatic nitrogens is 1. The number of ether oxygens (including phenoxy) is 1. The fourth-order valence-corrected chi connectivity index (χ4v) is 1.44. The summed E-state index contributed by atoms with van der Waals surface area (Å²) in [5.41, 5.74) is 3.58. The molecule has 0 amide bonds. The van der Waals surface area contributed by atoms with E-state index in [2.05, 4.69) is 10.4 Å². The van der Waals surface area contributed by atoms with Crippen LogP contribution in [0.3, 0.4) is 0 Å². The summed E-state index contributed by atoms with van der Waals surface area (Å²) >= 11 is 0. The van der Waals surface area contributed by atoms with E-state index in [0.717, 1.165) is 18.1 Å². The van der Waals surface area contributed by atoms with Crippen LogP contribution in [-0.4, -0.2) is 11.6 Å². The van der Waals surface area contributed by atoms with Crippen LogP contribution in [0.5, 0.6) is 0 Å². The van der Waals surface area contributed by atoms with Crippen molar-refractivity contribution in [2.75, 3.05) is 12.0 Å². The number of hydrazine groups is 1. The van der Waals surface area contributed by atoms with E-state index >= 15 is 0 Å². The molecule has 1 aromatic heterocycles. The number of pyridine rings is 1. The lowest BCUT2D eigenvalue weighted by molar-refractivity contribution is 0.115. The molecule has 1 aliphatic carbocycles. The number of anilines is 1. The zero-order valence-corrected chi connectivity index (χ0v) is 8.78. The molecule has 82 valence electrons. The van der Waals surface area contributed by atoms with Gasteiger partial charge >= 0.3 is 0 Å². The Kier molecular flexibility index (Phi) is 3.53. The number of hydrogen-bond donors (Lipinski definition) is 2. The maximum Gasteiger partial charge on any atom is 0.139 e. The van der Waals surface area contributed by atoms with Crippen LogP contribution in [0.1, 0.15) is 24.8 Å². The zero-order valence-electron chi connectivity index (χ0n) is 8.78. The molecule has 0 atom stereocenters. The van der Waals surface area contributed by atoms with Crippen LogP contribution < -0.4 is 11.3 Å². The Bertz CT molecular complexity index is 295. The highest BCUT2D eigenvalue weighted by Gasteiger charge is 2.20. The molecule has 0 aromatic carbocycles. The molecule has 4 heteroatoms. The van der Waals surface area contributed by atoms with Crippen molar-refractivity contribution in [1.82, 2.24) is 4.98 Å². The number of nitrogens with one attached hydrogen (secondary N) is 1. The summed E-state index contributed by atoms with van der Waals surface area (Å²) in [7, 11) is 0. The summed E-state index contributed by atoms with van der Waals surface area (Å²) in [6.07, 6.45) is 5.77. The van der Waals surface area contributed by atoms with Crippen LogP contribution in [0.2, 0.25) is 0 Å². The average Bonchev–Trinajstić information content (AvgIpc) is 3.09. The van der Waals surface area contributed by atoms with Crippen LogP contribution in [0.4, 0.5) is 5.82 Å². The highest BCUT2D eigenvalue weighted by atomic mass is 16.5. The fraction of sp³-hybridized carbons (Fsp3) is 0.545. The van der Waals surface area contributed by atoms with Crippen LogP contribution in [0, 0.1) is 5.92 Å². The largest absolute Gasteiger partial charge is 0.377 e. The van der Waals surface area contributed by atoms with Crippen molar-refractivity contribution >= 4 is 5.82 Å². The van der Waals surface area contributed by atoms with E-state index in [0.29, 0.717) is 12.4 Å². The van der Waals surface area contributed by atoms with Gasteiger partial charge in [0.15, 0.2) is 0 Å².